The summed E-state index contributed by atoms with van der Waals surface area (Å²) in [6.07, 6.45) is 4.93. The Balaban J connectivity index is 1.55. The van der Waals surface area contributed by atoms with Crippen LogP contribution in [0, 0.1) is 0 Å². The molecule has 1 saturated carbocycles. The number of fused-ring (bicyclic) bond motifs is 1. The van der Waals surface area contributed by atoms with E-state index in [1.165, 1.54) is 0 Å². The molecule has 2 aromatic heterocycles. The van der Waals surface area contributed by atoms with E-state index in [0.717, 1.165) is 18.5 Å². The molecule has 1 aliphatic carbocycles. The molecule has 5 rings (SSSR count). The lowest BCUT2D eigenvalue weighted by Gasteiger charge is -2.32. The first-order chi connectivity index (χ1) is 13.9. The quantitative estimate of drug-likeness (QED) is 0.600. The second-order valence-electron chi connectivity index (χ2n) is 7.82. The van der Waals surface area contributed by atoms with E-state index in [1.807, 2.05) is 11.0 Å². The maximum absolute atomic E-state index is 13.6. The van der Waals surface area contributed by atoms with Gasteiger partial charge in [0.2, 0.25) is 5.91 Å². The summed E-state index contributed by atoms with van der Waals surface area (Å²) in [5.74, 6) is -2.81. The van der Waals surface area contributed by atoms with Crippen LogP contribution in [-0.4, -0.2) is 51.5 Å². The lowest BCUT2D eigenvalue weighted by atomic mass is 10.1. The van der Waals surface area contributed by atoms with Gasteiger partial charge in [-0.05, 0) is 18.9 Å². The number of amides is 2. The molecular formula is C19H20F2N6O2. The molecule has 152 valence electrons. The summed E-state index contributed by atoms with van der Waals surface area (Å²) in [5, 5.41) is 10.3. The Labute approximate surface area is 165 Å². The van der Waals surface area contributed by atoms with Crippen molar-refractivity contribution in [3.05, 3.63) is 23.5 Å². The number of aromatic nitrogens is 3. The number of rotatable bonds is 4. The highest BCUT2D eigenvalue weighted by Gasteiger charge is 2.35. The lowest BCUT2D eigenvalue weighted by molar-refractivity contribution is -0.124. The number of alkyl halides is 2. The molecular weight excluding hydrogens is 382 g/mol. The maximum Gasteiger partial charge on any atom is 0.254 e. The summed E-state index contributed by atoms with van der Waals surface area (Å²) in [5.41, 5.74) is 2.28. The number of hydrogen-bond acceptors (Lipinski definition) is 6. The minimum absolute atomic E-state index is 0.0140. The Bertz CT molecular complexity index is 1030. The topological polar surface area (TPSA) is 91.6 Å². The van der Waals surface area contributed by atoms with Crippen LogP contribution >= 0.6 is 0 Å². The fraction of sp³-hybridized carbons (Fsp3) is 0.474. The van der Waals surface area contributed by atoms with Gasteiger partial charge < -0.3 is 10.2 Å². The van der Waals surface area contributed by atoms with Crippen molar-refractivity contribution in [2.24, 2.45) is 0 Å². The summed E-state index contributed by atoms with van der Waals surface area (Å²) in [7, 11) is 0. The summed E-state index contributed by atoms with van der Waals surface area (Å²) < 4.78 is 28.7. The van der Waals surface area contributed by atoms with E-state index in [0.29, 0.717) is 28.8 Å². The third-order valence-corrected chi connectivity index (χ3v) is 5.45. The second kappa shape index (κ2) is 6.50. The molecule has 3 fully saturated rings. The zero-order chi connectivity index (χ0) is 20.2. The Morgan fingerprint density at radius 3 is 2.66 bits per heavy atom. The third-order valence-electron chi connectivity index (χ3n) is 5.45. The zero-order valence-electron chi connectivity index (χ0n) is 15.6. The summed E-state index contributed by atoms with van der Waals surface area (Å²) in [6.45, 7) is 0.437. The molecule has 0 aromatic carbocycles. The van der Waals surface area contributed by atoms with Gasteiger partial charge in [0.05, 0.1) is 24.0 Å². The van der Waals surface area contributed by atoms with Crippen molar-refractivity contribution in [3.8, 4) is 0 Å². The fourth-order valence-corrected chi connectivity index (χ4v) is 3.64. The van der Waals surface area contributed by atoms with Crippen LogP contribution in [0.25, 0.3) is 11.7 Å². The van der Waals surface area contributed by atoms with E-state index < -0.39 is 11.8 Å². The predicted molar refractivity (Wildman–Crippen MR) is 102 cm³/mol. The molecule has 0 spiro atoms. The van der Waals surface area contributed by atoms with Gasteiger partial charge in [-0.15, -0.1) is 5.10 Å². The molecule has 4 heterocycles. The van der Waals surface area contributed by atoms with Crippen LogP contribution in [0.1, 0.15) is 37.8 Å². The number of piperidine rings is 1. The highest BCUT2D eigenvalue weighted by Crippen LogP contribution is 2.33. The molecule has 3 aliphatic rings. The van der Waals surface area contributed by atoms with Crippen molar-refractivity contribution in [3.63, 3.8) is 0 Å². The van der Waals surface area contributed by atoms with Gasteiger partial charge in [0.1, 0.15) is 0 Å². The number of anilines is 2. The first-order valence-electron chi connectivity index (χ1n) is 9.71. The average Bonchev–Trinajstić information content (AvgIpc) is 3.30. The Morgan fingerprint density at radius 2 is 2.00 bits per heavy atom. The second-order valence-corrected chi connectivity index (χ2v) is 7.82. The number of carbonyl (C=O) groups excluding carboxylic acids is 2. The van der Waals surface area contributed by atoms with Gasteiger partial charge >= 0.3 is 0 Å². The maximum atomic E-state index is 13.6. The highest BCUT2D eigenvalue weighted by molar-refractivity contribution is 6.15. The molecule has 0 atom stereocenters. The number of hydrogen-bond donors (Lipinski definition) is 2. The predicted octanol–water partition coefficient (Wildman–Crippen LogP) is 1.97. The lowest BCUT2D eigenvalue weighted by Crippen LogP contribution is -2.40. The summed E-state index contributed by atoms with van der Waals surface area (Å²) in [6, 6.07) is 2.23. The van der Waals surface area contributed by atoms with Gasteiger partial charge in [-0.25, -0.2) is 18.3 Å². The van der Waals surface area contributed by atoms with Crippen LogP contribution in [0.3, 0.4) is 0 Å². The van der Waals surface area contributed by atoms with Crippen LogP contribution in [0.2, 0.25) is 0 Å². The minimum Gasteiger partial charge on any atom is -0.379 e. The normalized spacial score (nSPS) is 23.1. The van der Waals surface area contributed by atoms with Gasteiger partial charge in [0.15, 0.2) is 11.5 Å². The van der Waals surface area contributed by atoms with Crippen LogP contribution < -0.4 is 15.5 Å². The number of halogens is 2. The largest absolute Gasteiger partial charge is 0.379 e. The fourth-order valence-electron chi connectivity index (χ4n) is 3.64. The van der Waals surface area contributed by atoms with Crippen molar-refractivity contribution in [1.82, 2.24) is 19.9 Å². The van der Waals surface area contributed by atoms with Gasteiger partial charge in [-0.1, -0.05) is 0 Å². The van der Waals surface area contributed by atoms with E-state index in [4.69, 9.17) is 0 Å². The summed E-state index contributed by atoms with van der Waals surface area (Å²) >= 11 is 0. The van der Waals surface area contributed by atoms with Crippen LogP contribution in [0.5, 0.6) is 0 Å². The Hall–Kier alpha value is -3.04. The van der Waals surface area contributed by atoms with Crippen molar-refractivity contribution < 1.29 is 18.4 Å². The molecule has 0 unspecified atom stereocenters. The molecule has 2 aromatic rings. The van der Waals surface area contributed by atoms with E-state index >= 15 is 0 Å². The molecule has 29 heavy (non-hydrogen) atoms. The van der Waals surface area contributed by atoms with E-state index in [2.05, 4.69) is 20.7 Å². The van der Waals surface area contributed by atoms with Gasteiger partial charge in [-0.3, -0.25) is 14.9 Å². The van der Waals surface area contributed by atoms with Gasteiger partial charge in [0.25, 0.3) is 11.8 Å². The number of carbonyl (C=O) groups is 2. The van der Waals surface area contributed by atoms with E-state index in [1.54, 1.807) is 16.8 Å². The van der Waals surface area contributed by atoms with Gasteiger partial charge in [0, 0.05) is 43.6 Å². The first-order valence-corrected chi connectivity index (χ1v) is 9.71. The van der Waals surface area contributed by atoms with Crippen LogP contribution in [-0.2, 0) is 9.59 Å². The number of imidazole rings is 1. The van der Waals surface area contributed by atoms with Crippen molar-refractivity contribution in [2.45, 2.75) is 44.1 Å². The van der Waals surface area contributed by atoms with Crippen LogP contribution in [0.4, 0.5) is 20.3 Å². The Morgan fingerprint density at radius 1 is 1.24 bits per heavy atom. The minimum atomic E-state index is -2.64. The van der Waals surface area contributed by atoms with Crippen molar-refractivity contribution in [1.29, 1.82) is 0 Å². The van der Waals surface area contributed by atoms with E-state index in [9.17, 15) is 18.4 Å². The molecule has 0 bridgehead atoms. The van der Waals surface area contributed by atoms with Gasteiger partial charge in [-0.2, -0.15) is 0 Å². The van der Waals surface area contributed by atoms with Crippen LogP contribution in [0.15, 0.2) is 17.8 Å². The average molecular weight is 402 g/mol. The SMILES string of the molecule is O=C1CC(=Cc2cnc3c(NC4CC4)cc(N4CCC(F)(F)CC4)nn23)C(=O)N1. The Kier molecular flexibility index (Phi) is 4.04. The molecule has 10 heteroatoms. The number of imide groups is 1. The van der Waals surface area contributed by atoms with Crippen molar-refractivity contribution in [2.75, 3.05) is 23.3 Å². The molecule has 0 radical (unpaired) electrons. The molecule has 2 aliphatic heterocycles. The molecule has 2 saturated heterocycles. The number of nitrogens with zero attached hydrogens (tertiary/aromatic N) is 4. The standard InChI is InChI=1S/C19H20F2N6O2/c20-19(21)3-5-26(6-4-19)15-9-14(23-12-1-2-12)17-22-10-13(27(17)25-15)7-11-8-16(28)24-18(11)29/h7,9-10,12,23H,1-6,8H2,(H,24,28,29). The zero-order valence-corrected chi connectivity index (χ0v) is 15.6. The number of nitrogens with one attached hydrogen (secondary N) is 2. The van der Waals surface area contributed by atoms with Crippen molar-refractivity contribution >= 4 is 35.0 Å². The first kappa shape index (κ1) is 18.0. The summed E-state index contributed by atoms with van der Waals surface area (Å²) in [4.78, 5) is 29.6. The molecule has 2 amide bonds. The van der Waals surface area contributed by atoms with E-state index in [-0.39, 0.29) is 38.3 Å². The highest BCUT2D eigenvalue weighted by atomic mass is 19.3. The molecule has 8 nitrogen and oxygen atoms in total. The monoisotopic (exact) mass is 402 g/mol. The third kappa shape index (κ3) is 3.54. The smallest absolute Gasteiger partial charge is 0.254 e. The molecule has 2 N–H and O–H groups in total.